The van der Waals surface area contributed by atoms with Crippen molar-refractivity contribution in [3.63, 3.8) is 0 Å². The van der Waals surface area contributed by atoms with Gasteiger partial charge in [-0.15, -0.1) is 0 Å². The lowest BCUT2D eigenvalue weighted by atomic mass is 10.2. The van der Waals surface area contributed by atoms with E-state index in [1.165, 1.54) is 12.1 Å². The van der Waals surface area contributed by atoms with Gasteiger partial charge in [-0.3, -0.25) is 4.98 Å². The average molecular weight is 232 g/mol. The topological polar surface area (TPSA) is 63.1 Å². The van der Waals surface area contributed by atoms with Crippen molar-refractivity contribution < 1.29 is 4.42 Å². The van der Waals surface area contributed by atoms with Gasteiger partial charge < -0.3 is 4.42 Å². The summed E-state index contributed by atoms with van der Waals surface area (Å²) in [6.45, 7) is 0. The van der Waals surface area contributed by atoms with E-state index in [1.54, 1.807) is 0 Å². The van der Waals surface area contributed by atoms with E-state index in [2.05, 4.69) is 9.40 Å². The summed E-state index contributed by atoms with van der Waals surface area (Å²) in [4.78, 5) is 24.4. The van der Waals surface area contributed by atoms with Crippen LogP contribution in [0, 0.1) is 0 Å². The molecule has 1 N–H and O–H groups in total. The molecule has 0 bridgehead atoms. The van der Waals surface area contributed by atoms with Crippen molar-refractivity contribution in [3.05, 3.63) is 43.1 Å². The summed E-state index contributed by atoms with van der Waals surface area (Å²) in [7, 11) is 0. The van der Waals surface area contributed by atoms with Crippen molar-refractivity contribution in [3.8, 4) is 0 Å². The SMILES string of the molecule is O=c1[nH]c2ccc(Cl)c(Cl)c2c(=O)o1. The number of fused-ring (bicyclic) bond motifs is 1. The molecule has 0 aliphatic rings. The first-order chi connectivity index (χ1) is 6.59. The van der Waals surface area contributed by atoms with Crippen LogP contribution in [0.15, 0.2) is 26.1 Å². The maximum Gasteiger partial charge on any atom is 0.419 e. The number of nitrogens with one attached hydrogen (secondary N) is 1. The number of aromatic amines is 1. The van der Waals surface area contributed by atoms with Crippen molar-refractivity contribution >= 4 is 34.1 Å². The van der Waals surface area contributed by atoms with E-state index in [1.807, 2.05) is 0 Å². The van der Waals surface area contributed by atoms with Crippen LogP contribution in [-0.4, -0.2) is 4.98 Å². The summed E-state index contributed by atoms with van der Waals surface area (Å²) >= 11 is 11.5. The molecule has 0 aliphatic heterocycles. The first-order valence-electron chi connectivity index (χ1n) is 3.61. The molecule has 0 fully saturated rings. The van der Waals surface area contributed by atoms with E-state index >= 15 is 0 Å². The van der Waals surface area contributed by atoms with E-state index in [0.29, 0.717) is 5.52 Å². The minimum Gasteiger partial charge on any atom is -0.372 e. The summed E-state index contributed by atoms with van der Waals surface area (Å²) in [5.74, 6) is -0.819. The van der Waals surface area contributed by atoms with Crippen LogP contribution in [0.2, 0.25) is 10.0 Å². The molecule has 14 heavy (non-hydrogen) atoms. The summed E-state index contributed by atoms with van der Waals surface area (Å²) < 4.78 is 4.32. The predicted octanol–water partition coefficient (Wildman–Crippen LogP) is 1.79. The third kappa shape index (κ3) is 1.32. The molecule has 0 unspecified atom stereocenters. The number of aromatic nitrogens is 1. The van der Waals surface area contributed by atoms with Crippen LogP contribution < -0.4 is 11.4 Å². The fraction of sp³-hybridized carbons (Fsp3) is 0. The highest BCUT2D eigenvalue weighted by Crippen LogP contribution is 2.26. The maximum absolute atomic E-state index is 11.2. The average Bonchev–Trinajstić information content (AvgIpc) is 2.10. The standard InChI is InChI=1S/C8H3Cl2NO3/c9-3-1-2-4-5(6(3)10)7(12)14-8(13)11-4/h1-2H,(H,11,13). The summed E-state index contributed by atoms with van der Waals surface area (Å²) in [5.41, 5.74) is -0.489. The van der Waals surface area contributed by atoms with Crippen LogP contribution in [-0.2, 0) is 0 Å². The fourth-order valence-corrected chi connectivity index (χ4v) is 1.52. The molecule has 1 aromatic heterocycles. The van der Waals surface area contributed by atoms with Crippen molar-refractivity contribution in [2.45, 2.75) is 0 Å². The van der Waals surface area contributed by atoms with Crippen LogP contribution in [0.4, 0.5) is 0 Å². The molecule has 1 heterocycles. The van der Waals surface area contributed by atoms with Gasteiger partial charge in [-0.05, 0) is 12.1 Å². The third-order valence-electron chi connectivity index (χ3n) is 1.72. The molecule has 1 aromatic carbocycles. The molecule has 0 aliphatic carbocycles. The smallest absolute Gasteiger partial charge is 0.372 e. The number of halogens is 2. The Labute approximate surface area is 87.1 Å². The molecule has 2 rings (SSSR count). The molecule has 0 saturated heterocycles. The lowest BCUT2D eigenvalue weighted by molar-refractivity contribution is 0.460. The zero-order valence-electron chi connectivity index (χ0n) is 6.64. The van der Waals surface area contributed by atoms with Gasteiger partial charge in [0.15, 0.2) is 0 Å². The first-order valence-corrected chi connectivity index (χ1v) is 4.36. The van der Waals surface area contributed by atoms with E-state index in [0.717, 1.165) is 0 Å². The van der Waals surface area contributed by atoms with Crippen LogP contribution in [0.1, 0.15) is 0 Å². The molecular weight excluding hydrogens is 229 g/mol. The first kappa shape index (κ1) is 9.30. The highest BCUT2D eigenvalue weighted by molar-refractivity contribution is 6.45. The molecule has 2 aromatic rings. The van der Waals surface area contributed by atoms with Gasteiger partial charge in [0.2, 0.25) is 0 Å². The Balaban J connectivity index is 3.11. The van der Waals surface area contributed by atoms with Crippen LogP contribution in [0.3, 0.4) is 0 Å². The van der Waals surface area contributed by atoms with Gasteiger partial charge >= 0.3 is 11.4 Å². The van der Waals surface area contributed by atoms with Crippen LogP contribution in [0.25, 0.3) is 10.9 Å². The van der Waals surface area contributed by atoms with Crippen molar-refractivity contribution in [2.24, 2.45) is 0 Å². The van der Waals surface area contributed by atoms with Gasteiger partial charge in [0.05, 0.1) is 15.6 Å². The number of H-pyrrole nitrogens is 1. The molecule has 0 atom stereocenters. The molecule has 72 valence electrons. The van der Waals surface area contributed by atoms with Gasteiger partial charge in [0.25, 0.3) is 0 Å². The van der Waals surface area contributed by atoms with E-state index < -0.39 is 11.4 Å². The lowest BCUT2D eigenvalue weighted by Gasteiger charge is -1.98. The van der Waals surface area contributed by atoms with Gasteiger partial charge in [-0.2, -0.15) is 0 Å². The summed E-state index contributed by atoms with van der Waals surface area (Å²) in [6.07, 6.45) is 0. The Bertz CT molecular complexity index is 614. The summed E-state index contributed by atoms with van der Waals surface area (Å²) in [5, 5.41) is 0.395. The highest BCUT2D eigenvalue weighted by atomic mass is 35.5. The highest BCUT2D eigenvalue weighted by Gasteiger charge is 2.09. The van der Waals surface area contributed by atoms with Gasteiger partial charge in [-0.25, -0.2) is 9.59 Å². The monoisotopic (exact) mass is 231 g/mol. The van der Waals surface area contributed by atoms with Gasteiger partial charge in [0.1, 0.15) is 5.39 Å². The Hall–Kier alpha value is -1.26. The molecule has 0 saturated carbocycles. The van der Waals surface area contributed by atoms with Crippen LogP contribution in [0.5, 0.6) is 0 Å². The Morgan fingerprint density at radius 2 is 1.93 bits per heavy atom. The fourth-order valence-electron chi connectivity index (χ4n) is 1.13. The molecule has 0 radical (unpaired) electrons. The van der Waals surface area contributed by atoms with Crippen molar-refractivity contribution in [1.82, 2.24) is 4.98 Å². The second-order valence-corrected chi connectivity index (χ2v) is 3.37. The van der Waals surface area contributed by atoms with E-state index in [9.17, 15) is 9.59 Å². The Morgan fingerprint density at radius 3 is 2.64 bits per heavy atom. The normalized spacial score (nSPS) is 10.7. The van der Waals surface area contributed by atoms with Gasteiger partial charge in [0, 0.05) is 0 Å². The molecule has 0 amide bonds. The second-order valence-electron chi connectivity index (χ2n) is 2.59. The molecule has 6 heteroatoms. The van der Waals surface area contributed by atoms with Crippen molar-refractivity contribution in [2.75, 3.05) is 0 Å². The van der Waals surface area contributed by atoms with E-state index in [4.69, 9.17) is 23.2 Å². The van der Waals surface area contributed by atoms with E-state index in [-0.39, 0.29) is 15.4 Å². The Kier molecular flexibility index (Phi) is 2.09. The summed E-state index contributed by atoms with van der Waals surface area (Å²) in [6, 6.07) is 2.98. The number of hydrogen-bond acceptors (Lipinski definition) is 3. The quantitative estimate of drug-likeness (QED) is 0.752. The molecular formula is C8H3Cl2NO3. The lowest BCUT2D eigenvalue weighted by Crippen LogP contribution is -2.14. The number of benzene rings is 1. The minimum atomic E-state index is -0.819. The van der Waals surface area contributed by atoms with Gasteiger partial charge in [-0.1, -0.05) is 23.2 Å². The second kappa shape index (κ2) is 3.15. The number of hydrogen-bond donors (Lipinski definition) is 1. The molecule has 4 nitrogen and oxygen atoms in total. The third-order valence-corrected chi connectivity index (χ3v) is 2.53. The predicted molar refractivity (Wildman–Crippen MR) is 53.1 cm³/mol. The minimum absolute atomic E-state index is 0.0779. The Morgan fingerprint density at radius 1 is 1.21 bits per heavy atom. The molecule has 0 spiro atoms. The largest absolute Gasteiger partial charge is 0.419 e. The zero-order chi connectivity index (χ0) is 10.3. The maximum atomic E-state index is 11.2. The van der Waals surface area contributed by atoms with Crippen LogP contribution >= 0.6 is 23.2 Å². The number of rotatable bonds is 0. The zero-order valence-corrected chi connectivity index (χ0v) is 8.15. The van der Waals surface area contributed by atoms with Crippen molar-refractivity contribution in [1.29, 1.82) is 0 Å².